The summed E-state index contributed by atoms with van der Waals surface area (Å²) in [6.07, 6.45) is 1.22. The first kappa shape index (κ1) is 14.3. The fraction of sp³-hybridized carbons (Fsp3) is 0.429. The minimum absolute atomic E-state index is 0.0176. The van der Waals surface area contributed by atoms with E-state index in [1.54, 1.807) is 4.90 Å². The van der Waals surface area contributed by atoms with E-state index in [-0.39, 0.29) is 11.8 Å². The van der Waals surface area contributed by atoms with E-state index in [1.807, 2.05) is 38.1 Å². The maximum atomic E-state index is 12.5. The van der Waals surface area contributed by atoms with Crippen LogP contribution < -0.4 is 10.2 Å². The third kappa shape index (κ3) is 2.75. The smallest absolute Gasteiger partial charge is 0.250 e. The number of carbonyl (C=O) groups excluding carboxylic acids is 2. The zero-order chi connectivity index (χ0) is 14.0. The third-order valence-electron chi connectivity index (χ3n) is 3.35. The Kier molecular flexibility index (Phi) is 4.44. The molecule has 0 aromatic heterocycles. The van der Waals surface area contributed by atoms with Crippen LogP contribution in [0.3, 0.4) is 0 Å². The molecule has 2 rings (SSSR count). The highest BCUT2D eigenvalue weighted by atomic mass is 127. The normalized spacial score (nSPS) is 23.4. The first-order chi connectivity index (χ1) is 9.08. The molecule has 5 heteroatoms. The number of amides is 2. The lowest BCUT2D eigenvalue weighted by molar-refractivity contribution is -0.134. The average Bonchev–Trinajstić information content (AvgIpc) is 2.40. The molecule has 2 atom stereocenters. The van der Waals surface area contributed by atoms with Gasteiger partial charge in [-0.3, -0.25) is 14.5 Å². The van der Waals surface area contributed by atoms with Gasteiger partial charge < -0.3 is 5.32 Å². The van der Waals surface area contributed by atoms with E-state index in [0.29, 0.717) is 12.8 Å². The lowest BCUT2D eigenvalue weighted by Gasteiger charge is -2.38. The van der Waals surface area contributed by atoms with Gasteiger partial charge in [0.25, 0.3) is 0 Å². The first-order valence-electron chi connectivity index (χ1n) is 6.47. The Hall–Kier alpha value is -1.11. The van der Waals surface area contributed by atoms with E-state index >= 15 is 0 Å². The van der Waals surface area contributed by atoms with Crippen LogP contribution in [0.15, 0.2) is 24.3 Å². The molecule has 1 aliphatic rings. The summed E-state index contributed by atoms with van der Waals surface area (Å²) < 4.78 is 1.05. The molecule has 1 N–H and O–H groups in total. The summed E-state index contributed by atoms with van der Waals surface area (Å²) in [5, 5.41) is 2.80. The highest BCUT2D eigenvalue weighted by molar-refractivity contribution is 14.1. The van der Waals surface area contributed by atoms with Crippen molar-refractivity contribution in [1.82, 2.24) is 5.32 Å². The van der Waals surface area contributed by atoms with E-state index in [9.17, 15) is 9.59 Å². The van der Waals surface area contributed by atoms with Crippen molar-refractivity contribution in [3.05, 3.63) is 27.8 Å². The van der Waals surface area contributed by atoms with Crippen LogP contribution in [0.2, 0.25) is 0 Å². The second-order valence-electron chi connectivity index (χ2n) is 4.58. The van der Waals surface area contributed by atoms with Gasteiger partial charge in [0, 0.05) is 9.26 Å². The van der Waals surface area contributed by atoms with E-state index in [2.05, 4.69) is 27.9 Å². The van der Waals surface area contributed by atoms with Crippen LogP contribution in [0.4, 0.5) is 5.69 Å². The molecular formula is C14H17IN2O2. The Morgan fingerprint density at radius 3 is 2.58 bits per heavy atom. The molecule has 102 valence electrons. The van der Waals surface area contributed by atoms with Crippen molar-refractivity contribution in [3.63, 3.8) is 0 Å². The van der Waals surface area contributed by atoms with Crippen molar-refractivity contribution in [1.29, 1.82) is 0 Å². The lowest BCUT2D eigenvalue weighted by Crippen LogP contribution is -2.63. The van der Waals surface area contributed by atoms with Crippen LogP contribution in [0.5, 0.6) is 0 Å². The lowest BCUT2D eigenvalue weighted by atomic mass is 10.0. The molecule has 1 aliphatic heterocycles. The number of anilines is 1. The van der Waals surface area contributed by atoms with E-state index in [0.717, 1.165) is 9.26 Å². The predicted molar refractivity (Wildman–Crippen MR) is 82.9 cm³/mol. The molecule has 0 bridgehead atoms. The summed E-state index contributed by atoms with van der Waals surface area (Å²) in [6.45, 7) is 3.83. The number of benzene rings is 1. The Labute approximate surface area is 126 Å². The Bertz CT molecular complexity index is 504. The summed E-state index contributed by atoms with van der Waals surface area (Å²) >= 11 is 2.21. The monoisotopic (exact) mass is 372 g/mol. The quantitative estimate of drug-likeness (QED) is 0.828. The Morgan fingerprint density at radius 1 is 1.26 bits per heavy atom. The summed E-state index contributed by atoms with van der Waals surface area (Å²) in [4.78, 5) is 26.2. The summed E-state index contributed by atoms with van der Waals surface area (Å²) in [5.41, 5.74) is 0.803. The minimum atomic E-state index is -0.409. The van der Waals surface area contributed by atoms with Crippen molar-refractivity contribution in [2.24, 2.45) is 0 Å². The number of hydrogen-bond acceptors (Lipinski definition) is 2. The van der Waals surface area contributed by atoms with Crippen LogP contribution in [0.25, 0.3) is 0 Å². The van der Waals surface area contributed by atoms with Crippen molar-refractivity contribution < 1.29 is 9.59 Å². The summed E-state index contributed by atoms with van der Waals surface area (Å²) in [6, 6.07) is 6.88. The Balaban J connectivity index is 2.42. The van der Waals surface area contributed by atoms with Crippen molar-refractivity contribution in [3.8, 4) is 0 Å². The molecule has 1 saturated heterocycles. The number of carbonyl (C=O) groups is 2. The largest absolute Gasteiger partial charge is 0.342 e. The molecule has 0 saturated carbocycles. The molecule has 4 nitrogen and oxygen atoms in total. The van der Waals surface area contributed by atoms with E-state index in [1.165, 1.54) is 0 Å². The standard InChI is InChI=1S/C14H17IN2O2/c1-3-11-14(19)17(12(4-2)13(18)16-11)10-7-5-6-9(15)8-10/h5-8,11-12H,3-4H2,1-2H3,(H,16,18). The first-order valence-corrected chi connectivity index (χ1v) is 7.55. The van der Waals surface area contributed by atoms with Crippen LogP contribution in [-0.4, -0.2) is 23.9 Å². The van der Waals surface area contributed by atoms with E-state index < -0.39 is 12.1 Å². The molecule has 1 aromatic rings. The van der Waals surface area contributed by atoms with Gasteiger partial charge in [-0.15, -0.1) is 0 Å². The number of nitrogens with zero attached hydrogens (tertiary/aromatic N) is 1. The number of piperazine rings is 1. The van der Waals surface area contributed by atoms with Crippen LogP contribution in [-0.2, 0) is 9.59 Å². The van der Waals surface area contributed by atoms with Crippen LogP contribution >= 0.6 is 22.6 Å². The molecule has 1 fully saturated rings. The zero-order valence-electron chi connectivity index (χ0n) is 11.0. The van der Waals surface area contributed by atoms with Gasteiger partial charge in [0.1, 0.15) is 12.1 Å². The Morgan fingerprint density at radius 2 is 2.00 bits per heavy atom. The van der Waals surface area contributed by atoms with Crippen LogP contribution in [0.1, 0.15) is 26.7 Å². The maximum Gasteiger partial charge on any atom is 0.250 e. The SMILES string of the molecule is CCC1NC(=O)C(CC)N(c2cccc(I)c2)C1=O. The maximum absolute atomic E-state index is 12.5. The van der Waals surface area contributed by atoms with Gasteiger partial charge in [0.05, 0.1) is 0 Å². The fourth-order valence-corrected chi connectivity index (χ4v) is 2.87. The van der Waals surface area contributed by atoms with Crippen molar-refractivity contribution in [2.75, 3.05) is 4.90 Å². The molecule has 0 aliphatic carbocycles. The molecule has 1 aromatic carbocycles. The number of nitrogens with one attached hydrogen (secondary N) is 1. The second-order valence-corrected chi connectivity index (χ2v) is 5.83. The molecule has 0 spiro atoms. The minimum Gasteiger partial charge on any atom is -0.342 e. The second kappa shape index (κ2) is 5.90. The molecule has 0 radical (unpaired) electrons. The summed E-state index contributed by atoms with van der Waals surface area (Å²) in [7, 11) is 0. The summed E-state index contributed by atoms with van der Waals surface area (Å²) in [5.74, 6) is -0.0799. The van der Waals surface area contributed by atoms with Gasteiger partial charge in [-0.25, -0.2) is 0 Å². The van der Waals surface area contributed by atoms with Crippen molar-refractivity contribution in [2.45, 2.75) is 38.8 Å². The van der Waals surface area contributed by atoms with Gasteiger partial charge in [0.15, 0.2) is 0 Å². The predicted octanol–water partition coefficient (Wildman–Crippen LogP) is 2.31. The topological polar surface area (TPSA) is 49.4 Å². The molecule has 19 heavy (non-hydrogen) atoms. The third-order valence-corrected chi connectivity index (χ3v) is 4.02. The zero-order valence-corrected chi connectivity index (χ0v) is 13.2. The molecule has 2 amide bonds. The van der Waals surface area contributed by atoms with Gasteiger partial charge in [-0.05, 0) is 53.6 Å². The molecule has 2 unspecified atom stereocenters. The van der Waals surface area contributed by atoms with E-state index in [4.69, 9.17) is 0 Å². The van der Waals surface area contributed by atoms with Crippen LogP contribution in [0, 0.1) is 3.57 Å². The molecular weight excluding hydrogens is 355 g/mol. The number of hydrogen-bond donors (Lipinski definition) is 1. The highest BCUT2D eigenvalue weighted by Crippen LogP contribution is 2.25. The van der Waals surface area contributed by atoms with Gasteiger partial charge in [0.2, 0.25) is 11.8 Å². The van der Waals surface area contributed by atoms with Gasteiger partial charge in [-0.1, -0.05) is 19.9 Å². The van der Waals surface area contributed by atoms with Gasteiger partial charge >= 0.3 is 0 Å². The average molecular weight is 372 g/mol. The van der Waals surface area contributed by atoms with Crippen molar-refractivity contribution >= 4 is 40.1 Å². The fourth-order valence-electron chi connectivity index (χ4n) is 2.35. The number of rotatable bonds is 3. The number of halogens is 1. The molecule has 1 heterocycles. The van der Waals surface area contributed by atoms with Gasteiger partial charge in [-0.2, -0.15) is 0 Å². The highest BCUT2D eigenvalue weighted by Gasteiger charge is 2.39.